The van der Waals surface area contributed by atoms with Crippen LogP contribution in [0, 0.1) is 0 Å². The predicted molar refractivity (Wildman–Crippen MR) is 60.1 cm³/mol. The topological polar surface area (TPSA) is 66.4 Å². The minimum atomic E-state index is -0.872. The predicted octanol–water partition coefficient (Wildman–Crippen LogP) is 1.38. The minimum absolute atomic E-state index is 0.0105. The van der Waals surface area contributed by atoms with Crippen LogP contribution in [0.25, 0.3) is 0 Å². The molecule has 1 aromatic rings. The van der Waals surface area contributed by atoms with E-state index in [4.69, 9.17) is 5.11 Å². The molecule has 2 N–H and O–H groups in total. The fourth-order valence-corrected chi connectivity index (χ4v) is 1.47. The van der Waals surface area contributed by atoms with Gasteiger partial charge in [-0.2, -0.15) is 0 Å². The monoisotopic (exact) mass is 221 g/mol. The van der Waals surface area contributed by atoms with E-state index < -0.39 is 12.0 Å². The maximum atomic E-state index is 11.4. The van der Waals surface area contributed by atoms with Crippen LogP contribution in [0.3, 0.4) is 0 Å². The summed E-state index contributed by atoms with van der Waals surface area (Å²) >= 11 is 0. The maximum absolute atomic E-state index is 11.4. The molecule has 86 valence electrons. The van der Waals surface area contributed by atoms with Crippen LogP contribution in [0.5, 0.6) is 0 Å². The molecule has 1 unspecified atom stereocenters. The van der Waals surface area contributed by atoms with Crippen LogP contribution in [0.4, 0.5) is 0 Å². The Balaban J connectivity index is 2.62. The Morgan fingerprint density at radius 1 is 1.31 bits per heavy atom. The molecule has 0 aromatic heterocycles. The van der Waals surface area contributed by atoms with E-state index in [0.29, 0.717) is 0 Å². The van der Waals surface area contributed by atoms with Gasteiger partial charge in [-0.05, 0) is 12.5 Å². The molecule has 16 heavy (non-hydrogen) atoms. The number of Topliss-reactive ketones (excluding diaryl/α,β-unsaturated/α-hetero) is 1. The van der Waals surface area contributed by atoms with E-state index in [2.05, 4.69) is 5.32 Å². The van der Waals surface area contributed by atoms with Crippen molar-refractivity contribution in [2.24, 2.45) is 0 Å². The van der Waals surface area contributed by atoms with Crippen LogP contribution in [0.15, 0.2) is 30.3 Å². The van der Waals surface area contributed by atoms with Gasteiger partial charge in [0.1, 0.15) is 0 Å². The molecule has 4 nitrogen and oxygen atoms in total. The van der Waals surface area contributed by atoms with E-state index in [1.165, 1.54) is 6.92 Å². The molecule has 0 spiro atoms. The van der Waals surface area contributed by atoms with Crippen molar-refractivity contribution in [3.05, 3.63) is 35.9 Å². The number of nitrogens with one attached hydrogen (secondary N) is 1. The molecule has 1 atom stereocenters. The van der Waals surface area contributed by atoms with Crippen molar-refractivity contribution in [3.8, 4) is 0 Å². The highest BCUT2D eigenvalue weighted by molar-refractivity contribution is 5.82. The van der Waals surface area contributed by atoms with E-state index in [1.54, 1.807) is 0 Å². The fourth-order valence-electron chi connectivity index (χ4n) is 1.47. The molecule has 0 amide bonds. The number of ketones is 1. The van der Waals surface area contributed by atoms with Crippen molar-refractivity contribution in [2.45, 2.75) is 19.4 Å². The van der Waals surface area contributed by atoms with Crippen LogP contribution in [-0.4, -0.2) is 23.4 Å². The zero-order valence-corrected chi connectivity index (χ0v) is 9.14. The summed E-state index contributed by atoms with van der Waals surface area (Å²) in [6.45, 7) is 1.78. The third kappa shape index (κ3) is 3.82. The number of rotatable bonds is 6. The van der Waals surface area contributed by atoms with Gasteiger partial charge in [-0.3, -0.25) is 9.59 Å². The van der Waals surface area contributed by atoms with E-state index >= 15 is 0 Å². The molecular formula is C12H15NO3. The summed E-state index contributed by atoms with van der Waals surface area (Å²) in [7, 11) is 0. The van der Waals surface area contributed by atoms with Crippen molar-refractivity contribution < 1.29 is 14.7 Å². The molecular weight excluding hydrogens is 206 g/mol. The number of aliphatic carboxylic acids is 1. The van der Waals surface area contributed by atoms with E-state index in [1.807, 2.05) is 30.3 Å². The van der Waals surface area contributed by atoms with Gasteiger partial charge in [0.25, 0.3) is 0 Å². The average molecular weight is 221 g/mol. The van der Waals surface area contributed by atoms with Crippen molar-refractivity contribution in [2.75, 3.05) is 6.54 Å². The Morgan fingerprint density at radius 3 is 2.44 bits per heavy atom. The Bertz CT molecular complexity index is 362. The number of carbonyl (C=O) groups excluding carboxylic acids is 1. The average Bonchev–Trinajstić information content (AvgIpc) is 2.25. The molecule has 0 heterocycles. The molecule has 1 rings (SSSR count). The summed E-state index contributed by atoms with van der Waals surface area (Å²) in [5.41, 5.74) is 0.861. The Hall–Kier alpha value is -1.68. The summed E-state index contributed by atoms with van der Waals surface area (Å²) in [6, 6.07) is 8.85. The summed E-state index contributed by atoms with van der Waals surface area (Å²) < 4.78 is 0. The van der Waals surface area contributed by atoms with Gasteiger partial charge in [-0.25, -0.2) is 0 Å². The van der Waals surface area contributed by atoms with Gasteiger partial charge in [0.05, 0.1) is 12.5 Å². The van der Waals surface area contributed by atoms with Crippen molar-refractivity contribution in [3.63, 3.8) is 0 Å². The molecule has 0 radical (unpaired) electrons. The van der Waals surface area contributed by atoms with Gasteiger partial charge in [-0.1, -0.05) is 30.3 Å². The van der Waals surface area contributed by atoms with Gasteiger partial charge in [-0.15, -0.1) is 0 Å². The molecule has 0 aliphatic carbocycles. The van der Waals surface area contributed by atoms with Gasteiger partial charge < -0.3 is 10.4 Å². The number of carboxylic acids is 1. The van der Waals surface area contributed by atoms with Crippen LogP contribution in [0.1, 0.15) is 24.9 Å². The highest BCUT2D eigenvalue weighted by Crippen LogP contribution is 2.13. The van der Waals surface area contributed by atoms with Crippen LogP contribution < -0.4 is 5.32 Å². The van der Waals surface area contributed by atoms with Crippen molar-refractivity contribution in [1.29, 1.82) is 0 Å². The largest absolute Gasteiger partial charge is 0.481 e. The molecule has 0 fully saturated rings. The molecule has 4 heteroatoms. The zero-order valence-electron chi connectivity index (χ0n) is 9.14. The maximum Gasteiger partial charge on any atom is 0.304 e. The quantitative estimate of drug-likeness (QED) is 0.761. The second-order valence-corrected chi connectivity index (χ2v) is 3.55. The standard InChI is InChI=1S/C12H15NO3/c1-9(14)12(13-8-7-11(15)16)10-5-3-2-4-6-10/h2-6,12-13H,7-8H2,1H3,(H,15,16). The lowest BCUT2D eigenvalue weighted by Crippen LogP contribution is -2.29. The number of carboxylic acid groups (broad SMARTS) is 1. The van der Waals surface area contributed by atoms with Crippen LogP contribution in [0.2, 0.25) is 0 Å². The second-order valence-electron chi connectivity index (χ2n) is 3.55. The van der Waals surface area contributed by atoms with E-state index in [-0.39, 0.29) is 18.7 Å². The van der Waals surface area contributed by atoms with Gasteiger partial charge in [0, 0.05) is 6.54 Å². The smallest absolute Gasteiger partial charge is 0.304 e. The molecule has 0 bridgehead atoms. The Morgan fingerprint density at radius 2 is 1.94 bits per heavy atom. The summed E-state index contributed by atoms with van der Waals surface area (Å²) in [5, 5.41) is 11.4. The van der Waals surface area contributed by atoms with Crippen molar-refractivity contribution >= 4 is 11.8 Å². The van der Waals surface area contributed by atoms with Crippen molar-refractivity contribution in [1.82, 2.24) is 5.32 Å². The highest BCUT2D eigenvalue weighted by atomic mass is 16.4. The molecule has 0 aliphatic rings. The third-order valence-electron chi connectivity index (χ3n) is 2.23. The first-order chi connectivity index (χ1) is 7.61. The number of hydrogen-bond acceptors (Lipinski definition) is 3. The normalized spacial score (nSPS) is 12.1. The highest BCUT2D eigenvalue weighted by Gasteiger charge is 2.15. The first-order valence-electron chi connectivity index (χ1n) is 5.12. The lowest BCUT2D eigenvalue weighted by atomic mass is 10.0. The first kappa shape index (κ1) is 12.4. The fraction of sp³-hybridized carbons (Fsp3) is 0.333. The summed E-state index contributed by atoms with van der Waals surface area (Å²) in [5.74, 6) is -0.889. The van der Waals surface area contributed by atoms with Crippen LogP contribution >= 0.6 is 0 Å². The summed E-state index contributed by atoms with van der Waals surface area (Å²) in [6.07, 6.45) is 0.0105. The van der Waals surface area contributed by atoms with Gasteiger partial charge in [0.15, 0.2) is 5.78 Å². The number of carbonyl (C=O) groups is 2. The van der Waals surface area contributed by atoms with E-state index in [9.17, 15) is 9.59 Å². The lowest BCUT2D eigenvalue weighted by Gasteiger charge is -2.15. The SMILES string of the molecule is CC(=O)C(NCCC(=O)O)c1ccccc1. The molecule has 1 aromatic carbocycles. The lowest BCUT2D eigenvalue weighted by molar-refractivity contribution is -0.137. The zero-order chi connectivity index (χ0) is 12.0. The Kier molecular flexibility index (Phi) is 4.66. The van der Waals surface area contributed by atoms with Crippen LogP contribution in [-0.2, 0) is 9.59 Å². The van der Waals surface area contributed by atoms with Gasteiger partial charge in [0.2, 0.25) is 0 Å². The molecule has 0 saturated carbocycles. The minimum Gasteiger partial charge on any atom is -0.481 e. The molecule has 0 aliphatic heterocycles. The molecule has 0 saturated heterocycles. The first-order valence-corrected chi connectivity index (χ1v) is 5.12. The third-order valence-corrected chi connectivity index (χ3v) is 2.23. The number of benzene rings is 1. The second kappa shape index (κ2) is 6.02. The van der Waals surface area contributed by atoms with Gasteiger partial charge >= 0.3 is 5.97 Å². The Labute approximate surface area is 94.3 Å². The van der Waals surface area contributed by atoms with E-state index in [0.717, 1.165) is 5.56 Å². The number of hydrogen-bond donors (Lipinski definition) is 2. The summed E-state index contributed by atoms with van der Waals surface area (Å²) in [4.78, 5) is 21.8.